The van der Waals surface area contributed by atoms with Gasteiger partial charge in [-0.05, 0) is 32.5 Å². The van der Waals surface area contributed by atoms with Crippen LogP contribution in [0.15, 0.2) is 0 Å². The minimum absolute atomic E-state index is 0.0660. The maximum Gasteiger partial charge on any atom is 0.395 e. The highest BCUT2D eigenvalue weighted by Crippen LogP contribution is 2.23. The van der Waals surface area contributed by atoms with E-state index in [1.54, 1.807) is 6.92 Å². The average molecular weight is 309 g/mol. The maximum absolute atomic E-state index is 10.6. The van der Waals surface area contributed by atoms with Crippen LogP contribution in [0, 0.1) is 20.7 Å². The molecule has 1 unspecified atom stereocenters. The van der Waals surface area contributed by atoms with E-state index in [0.717, 1.165) is 6.61 Å². The molecule has 1 aliphatic rings. The van der Waals surface area contributed by atoms with Crippen LogP contribution in [0.1, 0.15) is 5.82 Å². The largest absolute Gasteiger partial charge is 0.395 e. The van der Waals surface area contributed by atoms with Gasteiger partial charge >= 0.3 is 5.82 Å². The van der Waals surface area contributed by atoms with Gasteiger partial charge in [-0.1, -0.05) is 0 Å². The molecule has 76 valence electrons. The number of nitrogens with zero attached hydrogens (tertiary/aromatic N) is 3. The second-order valence-electron chi connectivity index (χ2n) is 3.10. The summed E-state index contributed by atoms with van der Waals surface area (Å²) in [6.45, 7) is 3.16. The van der Waals surface area contributed by atoms with Crippen molar-refractivity contribution in [3.05, 3.63) is 19.6 Å². The number of hydrogen-bond donors (Lipinski definition) is 0. The maximum atomic E-state index is 10.6. The Balaban J connectivity index is 2.32. The minimum Gasteiger partial charge on any atom is -0.371 e. The first-order chi connectivity index (χ1) is 6.59. The summed E-state index contributed by atoms with van der Waals surface area (Å²) in [5, 5.41) is 10.6. The predicted octanol–water partition coefficient (Wildman–Crippen LogP) is 1.10. The quantitative estimate of drug-likeness (QED) is 0.363. The molecular formula is C7H8IN3O3. The zero-order valence-corrected chi connectivity index (χ0v) is 9.59. The van der Waals surface area contributed by atoms with Crippen molar-refractivity contribution in [3.8, 4) is 0 Å². The lowest BCUT2D eigenvalue weighted by atomic mass is 10.4. The summed E-state index contributed by atoms with van der Waals surface area (Å²) in [6, 6.07) is 0. The highest BCUT2D eigenvalue weighted by Gasteiger charge is 2.29. The fourth-order valence-corrected chi connectivity index (χ4v) is 2.09. The molecule has 0 spiro atoms. The standard InChI is InChI=1S/C7H8IN3O3/c1-4-9-7(11(12)13)6(8)10(4)2-5-3-14-5/h5H,2-3H2,1H3. The van der Waals surface area contributed by atoms with Gasteiger partial charge in [-0.3, -0.25) is 4.57 Å². The van der Waals surface area contributed by atoms with Crippen LogP contribution < -0.4 is 0 Å². The number of ether oxygens (including phenoxy) is 1. The number of nitro groups is 1. The van der Waals surface area contributed by atoms with E-state index in [4.69, 9.17) is 4.74 Å². The Morgan fingerprint density at radius 3 is 2.93 bits per heavy atom. The number of halogens is 1. The third kappa shape index (κ3) is 1.73. The van der Waals surface area contributed by atoms with E-state index >= 15 is 0 Å². The van der Waals surface area contributed by atoms with Gasteiger partial charge in [0.15, 0.2) is 3.70 Å². The van der Waals surface area contributed by atoms with Gasteiger partial charge < -0.3 is 14.9 Å². The molecule has 1 atom stereocenters. The minimum atomic E-state index is -0.459. The van der Waals surface area contributed by atoms with E-state index in [-0.39, 0.29) is 11.9 Å². The predicted molar refractivity (Wildman–Crippen MR) is 56.1 cm³/mol. The smallest absolute Gasteiger partial charge is 0.371 e. The van der Waals surface area contributed by atoms with Gasteiger partial charge in [0, 0.05) is 6.92 Å². The van der Waals surface area contributed by atoms with Crippen LogP contribution in [0.3, 0.4) is 0 Å². The fourth-order valence-electron chi connectivity index (χ4n) is 1.23. The lowest BCUT2D eigenvalue weighted by molar-refractivity contribution is -0.390. The summed E-state index contributed by atoms with van der Waals surface area (Å²) < 4.78 is 7.46. The molecule has 1 aromatic heterocycles. The number of aromatic nitrogens is 2. The molecule has 0 aliphatic carbocycles. The summed E-state index contributed by atoms with van der Waals surface area (Å²) in [7, 11) is 0. The van der Waals surface area contributed by atoms with Gasteiger partial charge in [0.2, 0.25) is 5.82 Å². The topological polar surface area (TPSA) is 73.5 Å². The molecule has 0 aromatic carbocycles. The van der Waals surface area contributed by atoms with Gasteiger partial charge in [-0.25, -0.2) is 0 Å². The molecule has 0 amide bonds. The highest BCUT2D eigenvalue weighted by molar-refractivity contribution is 14.1. The van der Waals surface area contributed by atoms with Crippen LogP contribution in [0.5, 0.6) is 0 Å². The molecule has 2 rings (SSSR count). The van der Waals surface area contributed by atoms with Crippen molar-refractivity contribution in [2.75, 3.05) is 6.61 Å². The number of rotatable bonds is 3. The van der Waals surface area contributed by atoms with Crippen LogP contribution in [-0.4, -0.2) is 27.2 Å². The Morgan fingerprint density at radius 2 is 2.50 bits per heavy atom. The van der Waals surface area contributed by atoms with Crippen molar-refractivity contribution in [3.63, 3.8) is 0 Å². The lowest BCUT2D eigenvalue weighted by Gasteiger charge is -1.99. The van der Waals surface area contributed by atoms with Crippen molar-refractivity contribution < 1.29 is 9.66 Å². The first kappa shape index (κ1) is 9.84. The average Bonchev–Trinajstić information content (AvgIpc) is 2.87. The summed E-state index contributed by atoms with van der Waals surface area (Å²) in [6.07, 6.45) is 0.205. The summed E-state index contributed by atoms with van der Waals surface area (Å²) in [5.74, 6) is 0.598. The van der Waals surface area contributed by atoms with E-state index < -0.39 is 4.92 Å². The zero-order valence-electron chi connectivity index (χ0n) is 7.44. The van der Waals surface area contributed by atoms with Gasteiger partial charge in [0.05, 0.1) is 19.3 Å². The molecule has 1 aromatic rings. The highest BCUT2D eigenvalue weighted by atomic mass is 127. The number of epoxide rings is 1. The second-order valence-corrected chi connectivity index (χ2v) is 4.12. The molecule has 6 nitrogen and oxygen atoms in total. The molecule has 0 radical (unpaired) electrons. The molecule has 2 heterocycles. The summed E-state index contributed by atoms with van der Waals surface area (Å²) in [4.78, 5) is 14.0. The van der Waals surface area contributed by atoms with E-state index in [2.05, 4.69) is 4.98 Å². The molecule has 7 heteroatoms. The first-order valence-electron chi connectivity index (χ1n) is 4.08. The molecular weight excluding hydrogens is 301 g/mol. The third-order valence-corrected chi connectivity index (χ3v) is 3.11. The number of aryl methyl sites for hydroxylation is 1. The van der Waals surface area contributed by atoms with Gasteiger partial charge in [0.1, 0.15) is 0 Å². The van der Waals surface area contributed by atoms with Crippen molar-refractivity contribution in [1.82, 2.24) is 9.55 Å². The normalized spacial score (nSPS) is 19.7. The Bertz CT molecular complexity index is 386. The second kappa shape index (κ2) is 3.46. The first-order valence-corrected chi connectivity index (χ1v) is 5.16. The van der Waals surface area contributed by atoms with Crippen molar-refractivity contribution in [1.29, 1.82) is 0 Å². The van der Waals surface area contributed by atoms with Crippen molar-refractivity contribution >= 4 is 28.4 Å². The van der Waals surface area contributed by atoms with E-state index in [0.29, 0.717) is 16.1 Å². The van der Waals surface area contributed by atoms with Crippen LogP contribution in [0.4, 0.5) is 5.82 Å². The molecule has 1 aliphatic heterocycles. The zero-order chi connectivity index (χ0) is 10.3. The molecule has 1 saturated heterocycles. The summed E-state index contributed by atoms with van der Waals surface area (Å²) >= 11 is 1.94. The summed E-state index contributed by atoms with van der Waals surface area (Å²) in [5.41, 5.74) is 0. The van der Waals surface area contributed by atoms with Gasteiger partial charge in [-0.15, -0.1) is 0 Å². The molecule has 1 fully saturated rings. The molecule has 0 bridgehead atoms. The van der Waals surface area contributed by atoms with Crippen LogP contribution >= 0.6 is 22.6 Å². The fraction of sp³-hybridized carbons (Fsp3) is 0.571. The number of hydrogen-bond acceptors (Lipinski definition) is 4. The van der Waals surface area contributed by atoms with Crippen LogP contribution in [0.2, 0.25) is 0 Å². The lowest BCUT2D eigenvalue weighted by Crippen LogP contribution is -2.07. The molecule has 14 heavy (non-hydrogen) atoms. The SMILES string of the molecule is Cc1nc([N+](=O)[O-])c(I)n1CC1CO1. The van der Waals surface area contributed by atoms with E-state index in [9.17, 15) is 10.1 Å². The molecule has 0 N–H and O–H groups in total. The number of imidazole rings is 1. The van der Waals surface area contributed by atoms with Gasteiger partial charge in [-0.2, -0.15) is 0 Å². The Morgan fingerprint density at radius 1 is 1.86 bits per heavy atom. The Labute approximate surface area is 93.6 Å². The van der Waals surface area contributed by atoms with Crippen LogP contribution in [0.25, 0.3) is 0 Å². The van der Waals surface area contributed by atoms with E-state index in [1.165, 1.54) is 0 Å². The Kier molecular flexibility index (Phi) is 2.43. The Hall–Kier alpha value is -0.700. The van der Waals surface area contributed by atoms with Gasteiger partial charge in [0.25, 0.3) is 0 Å². The third-order valence-electron chi connectivity index (χ3n) is 2.04. The van der Waals surface area contributed by atoms with Crippen molar-refractivity contribution in [2.24, 2.45) is 0 Å². The van der Waals surface area contributed by atoms with Crippen molar-refractivity contribution in [2.45, 2.75) is 19.6 Å². The van der Waals surface area contributed by atoms with E-state index in [1.807, 2.05) is 27.2 Å². The monoisotopic (exact) mass is 309 g/mol. The molecule has 0 saturated carbocycles. The van der Waals surface area contributed by atoms with Crippen LogP contribution in [-0.2, 0) is 11.3 Å².